The molecule has 0 saturated carbocycles. The van der Waals surface area contributed by atoms with Gasteiger partial charge in [-0.2, -0.15) is 0 Å². The lowest BCUT2D eigenvalue weighted by molar-refractivity contribution is 0.0435. The highest BCUT2D eigenvalue weighted by Gasteiger charge is 2.33. The number of pyridine rings is 1. The van der Waals surface area contributed by atoms with E-state index in [1.54, 1.807) is 0 Å². The lowest BCUT2D eigenvalue weighted by Gasteiger charge is -2.43. The van der Waals surface area contributed by atoms with Crippen molar-refractivity contribution in [1.29, 1.82) is 0 Å². The number of ether oxygens (including phenoxy) is 1. The van der Waals surface area contributed by atoms with E-state index >= 15 is 0 Å². The highest BCUT2D eigenvalue weighted by molar-refractivity contribution is 5.67. The van der Waals surface area contributed by atoms with E-state index in [0.717, 1.165) is 32.5 Å². The average Bonchev–Trinajstić information content (AvgIpc) is 2.67. The first-order chi connectivity index (χ1) is 12.6. The van der Waals surface area contributed by atoms with Crippen molar-refractivity contribution in [3.05, 3.63) is 30.1 Å². The summed E-state index contributed by atoms with van der Waals surface area (Å²) in [6.45, 7) is 8.52. The van der Waals surface area contributed by atoms with Crippen LogP contribution in [0.25, 0.3) is 0 Å². The van der Waals surface area contributed by atoms with Gasteiger partial charge in [0, 0.05) is 38.1 Å². The molecule has 2 aliphatic rings. The molecule has 3 heterocycles. The van der Waals surface area contributed by atoms with Crippen molar-refractivity contribution >= 4 is 6.09 Å². The number of nitrogens with zero attached hydrogens (tertiary/aromatic N) is 3. The summed E-state index contributed by atoms with van der Waals surface area (Å²) in [6, 6.07) is 4.89. The van der Waals surface area contributed by atoms with Crippen LogP contribution in [0.4, 0.5) is 4.79 Å². The number of carbonyl (C=O) groups excluding carboxylic acids is 1. The molecule has 2 fully saturated rings. The molecule has 5 heteroatoms. The van der Waals surface area contributed by atoms with Crippen LogP contribution in [0.2, 0.25) is 0 Å². The van der Waals surface area contributed by atoms with Gasteiger partial charge in [0.25, 0.3) is 0 Å². The average molecular weight is 360 g/mol. The van der Waals surface area contributed by atoms with Crippen LogP contribution in [0, 0.1) is 11.8 Å². The predicted octanol–water partition coefficient (Wildman–Crippen LogP) is 3.94. The van der Waals surface area contributed by atoms with E-state index < -0.39 is 0 Å². The van der Waals surface area contributed by atoms with Gasteiger partial charge in [-0.1, -0.05) is 20.3 Å². The van der Waals surface area contributed by atoms with E-state index in [2.05, 4.69) is 35.9 Å². The molecule has 0 aromatic carbocycles. The number of rotatable bonds is 5. The molecule has 0 N–H and O–H groups in total. The van der Waals surface area contributed by atoms with Gasteiger partial charge >= 0.3 is 6.09 Å². The van der Waals surface area contributed by atoms with Crippen molar-refractivity contribution in [2.45, 2.75) is 58.5 Å². The largest absolute Gasteiger partial charge is 0.449 e. The first-order valence-electron chi connectivity index (χ1n) is 10.2. The summed E-state index contributed by atoms with van der Waals surface area (Å²) >= 11 is 0. The van der Waals surface area contributed by atoms with Gasteiger partial charge < -0.3 is 9.64 Å². The summed E-state index contributed by atoms with van der Waals surface area (Å²) in [4.78, 5) is 20.9. The van der Waals surface area contributed by atoms with Gasteiger partial charge in [-0.25, -0.2) is 4.79 Å². The molecule has 0 radical (unpaired) electrons. The maximum absolute atomic E-state index is 12.2. The van der Waals surface area contributed by atoms with E-state index in [1.165, 1.54) is 31.4 Å². The van der Waals surface area contributed by atoms with E-state index in [9.17, 15) is 4.79 Å². The first-order valence-corrected chi connectivity index (χ1v) is 10.2. The second kappa shape index (κ2) is 9.36. The number of aromatic nitrogens is 1. The minimum atomic E-state index is -0.130. The highest BCUT2D eigenvalue weighted by atomic mass is 16.6. The smallest absolute Gasteiger partial charge is 0.409 e. The molecule has 1 aromatic rings. The van der Waals surface area contributed by atoms with Crippen molar-refractivity contribution in [2.24, 2.45) is 11.8 Å². The summed E-state index contributed by atoms with van der Waals surface area (Å²) in [7, 11) is 0. The fraction of sp³-hybridized carbons (Fsp3) is 0.714. The Kier molecular flexibility index (Phi) is 6.89. The van der Waals surface area contributed by atoms with E-state index in [0.29, 0.717) is 24.5 Å². The van der Waals surface area contributed by atoms with Crippen LogP contribution >= 0.6 is 0 Å². The van der Waals surface area contributed by atoms with E-state index in [4.69, 9.17) is 4.74 Å². The van der Waals surface area contributed by atoms with Crippen LogP contribution in [-0.4, -0.2) is 53.2 Å². The summed E-state index contributed by atoms with van der Waals surface area (Å²) < 4.78 is 5.39. The number of carbonyl (C=O) groups is 1. The Balaban J connectivity index is 1.52. The van der Waals surface area contributed by atoms with Gasteiger partial charge in [0.05, 0.1) is 6.61 Å². The summed E-state index contributed by atoms with van der Waals surface area (Å²) in [5, 5.41) is 0. The van der Waals surface area contributed by atoms with Gasteiger partial charge in [0.2, 0.25) is 0 Å². The normalized spacial score (nSPS) is 22.6. The molecule has 1 amide bonds. The molecular formula is C21H33N3O2. The van der Waals surface area contributed by atoms with Crippen molar-refractivity contribution in [2.75, 3.05) is 26.2 Å². The minimum absolute atomic E-state index is 0.130. The predicted molar refractivity (Wildman–Crippen MR) is 103 cm³/mol. The fourth-order valence-corrected chi connectivity index (χ4v) is 4.27. The zero-order chi connectivity index (χ0) is 18.4. The van der Waals surface area contributed by atoms with Gasteiger partial charge in [0.1, 0.15) is 0 Å². The second-order valence-electron chi connectivity index (χ2n) is 8.18. The molecular weight excluding hydrogens is 326 g/mol. The molecule has 26 heavy (non-hydrogen) atoms. The van der Waals surface area contributed by atoms with Crippen LogP contribution in [0.1, 0.15) is 51.5 Å². The summed E-state index contributed by atoms with van der Waals surface area (Å²) in [5.74, 6) is 1.08. The molecule has 0 bridgehead atoms. The van der Waals surface area contributed by atoms with Gasteiger partial charge in [-0.15, -0.1) is 0 Å². The quantitative estimate of drug-likeness (QED) is 0.799. The van der Waals surface area contributed by atoms with E-state index in [-0.39, 0.29) is 6.09 Å². The molecule has 1 atom stereocenters. The first kappa shape index (κ1) is 19.2. The van der Waals surface area contributed by atoms with Crippen LogP contribution < -0.4 is 0 Å². The highest BCUT2D eigenvalue weighted by Crippen LogP contribution is 2.31. The van der Waals surface area contributed by atoms with Crippen LogP contribution in [-0.2, 0) is 11.3 Å². The summed E-state index contributed by atoms with van der Waals surface area (Å²) in [5.41, 5.74) is 1.35. The van der Waals surface area contributed by atoms with Crippen molar-refractivity contribution in [3.8, 4) is 0 Å². The van der Waals surface area contributed by atoms with Crippen LogP contribution in [0.5, 0.6) is 0 Å². The van der Waals surface area contributed by atoms with Crippen LogP contribution in [0.3, 0.4) is 0 Å². The van der Waals surface area contributed by atoms with Gasteiger partial charge in [-0.3, -0.25) is 9.88 Å². The molecule has 0 spiro atoms. The molecule has 144 valence electrons. The standard InChI is InChI=1S/C21H33N3O2/c1-17(2)16-26-21(25)23-13-8-19(9-14-23)20-5-3-4-12-24(20)15-18-6-10-22-11-7-18/h6-7,10-11,17,19-20H,3-5,8-9,12-16H2,1-2H3. The SMILES string of the molecule is CC(C)COC(=O)N1CCC(C2CCCCN2Cc2ccncc2)CC1. The third-order valence-corrected chi connectivity index (χ3v) is 5.68. The Morgan fingerprint density at radius 2 is 1.88 bits per heavy atom. The maximum Gasteiger partial charge on any atom is 0.409 e. The number of piperidine rings is 2. The van der Waals surface area contributed by atoms with Crippen molar-refractivity contribution in [1.82, 2.24) is 14.8 Å². The molecule has 1 aromatic heterocycles. The summed E-state index contributed by atoms with van der Waals surface area (Å²) in [6.07, 6.45) is 9.73. The lowest BCUT2D eigenvalue weighted by atomic mass is 9.83. The Morgan fingerprint density at radius 3 is 2.58 bits per heavy atom. The topological polar surface area (TPSA) is 45.7 Å². The van der Waals surface area contributed by atoms with Crippen LogP contribution in [0.15, 0.2) is 24.5 Å². The van der Waals surface area contributed by atoms with Gasteiger partial charge in [-0.05, 0) is 61.8 Å². The zero-order valence-electron chi connectivity index (χ0n) is 16.3. The Labute approximate surface area is 157 Å². The monoisotopic (exact) mass is 359 g/mol. The maximum atomic E-state index is 12.2. The molecule has 5 nitrogen and oxygen atoms in total. The number of hydrogen-bond acceptors (Lipinski definition) is 4. The molecule has 2 aliphatic heterocycles. The molecule has 0 aliphatic carbocycles. The molecule has 3 rings (SSSR count). The Hall–Kier alpha value is -1.62. The van der Waals surface area contributed by atoms with E-state index in [1.807, 2.05) is 17.3 Å². The Bertz CT molecular complexity index is 556. The zero-order valence-corrected chi connectivity index (χ0v) is 16.3. The molecule has 2 saturated heterocycles. The number of hydrogen-bond donors (Lipinski definition) is 0. The number of likely N-dealkylation sites (tertiary alicyclic amines) is 2. The van der Waals surface area contributed by atoms with Crippen molar-refractivity contribution in [3.63, 3.8) is 0 Å². The fourth-order valence-electron chi connectivity index (χ4n) is 4.27. The second-order valence-corrected chi connectivity index (χ2v) is 8.18. The minimum Gasteiger partial charge on any atom is -0.449 e. The number of amides is 1. The third kappa shape index (κ3) is 5.19. The molecule has 1 unspecified atom stereocenters. The van der Waals surface area contributed by atoms with Gasteiger partial charge in [0.15, 0.2) is 0 Å². The third-order valence-electron chi connectivity index (χ3n) is 5.68. The lowest BCUT2D eigenvalue weighted by Crippen LogP contribution is -2.48. The van der Waals surface area contributed by atoms with Crippen molar-refractivity contribution < 1.29 is 9.53 Å². The Morgan fingerprint density at radius 1 is 1.15 bits per heavy atom.